The van der Waals surface area contributed by atoms with Crippen LogP contribution in [-0.2, 0) is 9.59 Å². The quantitative estimate of drug-likeness (QED) is 0.389. The number of hydrogen-bond acceptors (Lipinski definition) is 6. The number of aliphatic carboxylic acids is 1. The second-order valence-electron chi connectivity index (χ2n) is 5.60. The molecule has 0 saturated carbocycles. The second-order valence-corrected chi connectivity index (χ2v) is 5.60. The van der Waals surface area contributed by atoms with Crippen LogP contribution in [0.5, 0.6) is 0 Å². The molecule has 144 valence electrons. The maximum Gasteiger partial charge on any atom is 0.269 e. The molecule has 9 nitrogen and oxygen atoms in total. The molecule has 2 aromatic rings. The van der Waals surface area contributed by atoms with Gasteiger partial charge >= 0.3 is 0 Å². The lowest BCUT2D eigenvalue weighted by Crippen LogP contribution is -2.37. The SMILES string of the molecule is O=C([O-])CCNC(=O)/C(=C\c1ccc([N+](=O)[O-])cc1)NC(=O)c1ccccc1. The smallest absolute Gasteiger partial charge is 0.269 e. The summed E-state index contributed by atoms with van der Waals surface area (Å²) in [5, 5.41) is 26.1. The van der Waals surface area contributed by atoms with Gasteiger partial charge in [0, 0.05) is 36.6 Å². The number of carboxylic acids is 1. The molecule has 2 rings (SSSR count). The van der Waals surface area contributed by atoms with Gasteiger partial charge in [0.25, 0.3) is 17.5 Å². The summed E-state index contributed by atoms with van der Waals surface area (Å²) in [5.74, 6) is -2.57. The van der Waals surface area contributed by atoms with Crippen molar-refractivity contribution >= 4 is 29.5 Å². The van der Waals surface area contributed by atoms with E-state index in [4.69, 9.17) is 0 Å². The Labute approximate surface area is 159 Å². The lowest BCUT2D eigenvalue weighted by molar-refractivity contribution is -0.384. The first kappa shape index (κ1) is 20.3. The van der Waals surface area contributed by atoms with Gasteiger partial charge in [0.1, 0.15) is 5.70 Å². The predicted octanol–water partition coefficient (Wildman–Crippen LogP) is 0.622. The van der Waals surface area contributed by atoms with Crippen LogP contribution in [0.3, 0.4) is 0 Å². The number of nitrogens with one attached hydrogen (secondary N) is 2. The number of carbonyl (C=O) groups is 3. The second kappa shape index (κ2) is 9.62. The molecule has 0 aliphatic rings. The molecule has 0 aromatic heterocycles. The zero-order valence-corrected chi connectivity index (χ0v) is 14.6. The summed E-state index contributed by atoms with van der Waals surface area (Å²) < 4.78 is 0. The van der Waals surface area contributed by atoms with E-state index in [0.717, 1.165) is 0 Å². The Morgan fingerprint density at radius 1 is 1.00 bits per heavy atom. The topological polar surface area (TPSA) is 141 Å². The molecule has 0 spiro atoms. The van der Waals surface area contributed by atoms with Crippen LogP contribution < -0.4 is 15.7 Å². The highest BCUT2D eigenvalue weighted by molar-refractivity contribution is 6.05. The van der Waals surface area contributed by atoms with Crippen molar-refractivity contribution in [1.82, 2.24) is 10.6 Å². The molecule has 0 bridgehead atoms. The first-order valence-corrected chi connectivity index (χ1v) is 8.17. The highest BCUT2D eigenvalue weighted by atomic mass is 16.6. The van der Waals surface area contributed by atoms with Gasteiger partial charge in [-0.1, -0.05) is 18.2 Å². The van der Waals surface area contributed by atoms with E-state index in [9.17, 15) is 29.6 Å². The average molecular weight is 382 g/mol. The van der Waals surface area contributed by atoms with Crippen LogP contribution >= 0.6 is 0 Å². The minimum Gasteiger partial charge on any atom is -0.550 e. The Morgan fingerprint density at radius 3 is 2.21 bits per heavy atom. The molecule has 0 atom stereocenters. The number of benzene rings is 2. The first-order valence-electron chi connectivity index (χ1n) is 8.17. The molecule has 0 fully saturated rings. The summed E-state index contributed by atoms with van der Waals surface area (Å²) >= 11 is 0. The van der Waals surface area contributed by atoms with E-state index in [0.29, 0.717) is 11.1 Å². The van der Waals surface area contributed by atoms with Gasteiger partial charge in [0.15, 0.2) is 0 Å². The average Bonchev–Trinajstić information content (AvgIpc) is 2.68. The Morgan fingerprint density at radius 2 is 1.64 bits per heavy atom. The van der Waals surface area contributed by atoms with Gasteiger partial charge in [0.05, 0.1) is 4.92 Å². The molecule has 0 unspecified atom stereocenters. The van der Waals surface area contributed by atoms with Crippen LogP contribution in [0.25, 0.3) is 6.08 Å². The largest absolute Gasteiger partial charge is 0.550 e. The van der Waals surface area contributed by atoms with E-state index in [1.807, 2.05) is 0 Å². The molecule has 0 aliphatic heterocycles. The van der Waals surface area contributed by atoms with Crippen molar-refractivity contribution < 1.29 is 24.4 Å². The molecule has 0 radical (unpaired) electrons. The predicted molar refractivity (Wildman–Crippen MR) is 97.6 cm³/mol. The van der Waals surface area contributed by atoms with Crippen molar-refractivity contribution in [3.05, 3.63) is 81.5 Å². The zero-order valence-electron chi connectivity index (χ0n) is 14.6. The fourth-order valence-corrected chi connectivity index (χ4v) is 2.17. The Bertz CT molecular complexity index is 907. The summed E-state index contributed by atoms with van der Waals surface area (Å²) in [7, 11) is 0. The Hall–Kier alpha value is -4.01. The van der Waals surface area contributed by atoms with E-state index in [1.54, 1.807) is 30.3 Å². The van der Waals surface area contributed by atoms with Crippen LogP contribution in [0.2, 0.25) is 0 Å². The maximum atomic E-state index is 12.4. The lowest BCUT2D eigenvalue weighted by Gasteiger charge is -2.11. The third-order valence-corrected chi connectivity index (χ3v) is 3.56. The number of amides is 2. The van der Waals surface area contributed by atoms with Gasteiger partial charge in [-0.25, -0.2) is 0 Å². The van der Waals surface area contributed by atoms with E-state index in [1.165, 1.54) is 30.3 Å². The highest BCUT2D eigenvalue weighted by Gasteiger charge is 2.14. The van der Waals surface area contributed by atoms with E-state index in [2.05, 4.69) is 10.6 Å². The minimum atomic E-state index is -1.32. The fourth-order valence-electron chi connectivity index (χ4n) is 2.17. The molecule has 0 aliphatic carbocycles. The van der Waals surface area contributed by atoms with Crippen molar-refractivity contribution in [1.29, 1.82) is 0 Å². The molecular weight excluding hydrogens is 366 g/mol. The fraction of sp³-hybridized carbons (Fsp3) is 0.105. The molecule has 9 heteroatoms. The van der Waals surface area contributed by atoms with E-state index < -0.39 is 22.7 Å². The highest BCUT2D eigenvalue weighted by Crippen LogP contribution is 2.14. The first-order chi connectivity index (χ1) is 13.4. The summed E-state index contributed by atoms with van der Waals surface area (Å²) in [4.78, 5) is 45.4. The monoisotopic (exact) mass is 382 g/mol. The molecule has 2 amide bonds. The number of non-ortho nitro benzene ring substituents is 1. The number of nitro groups is 1. The number of nitro benzene ring substituents is 1. The minimum absolute atomic E-state index is 0.120. The third-order valence-electron chi connectivity index (χ3n) is 3.56. The number of carbonyl (C=O) groups excluding carboxylic acids is 3. The van der Waals surface area contributed by atoms with Crippen molar-refractivity contribution in [2.24, 2.45) is 0 Å². The summed E-state index contributed by atoms with van der Waals surface area (Å²) in [6, 6.07) is 13.5. The van der Waals surface area contributed by atoms with Crippen LogP contribution in [0.15, 0.2) is 60.3 Å². The number of carboxylic acid groups (broad SMARTS) is 1. The number of rotatable bonds is 8. The van der Waals surface area contributed by atoms with Crippen LogP contribution in [-0.4, -0.2) is 29.3 Å². The van der Waals surface area contributed by atoms with Crippen LogP contribution in [0, 0.1) is 10.1 Å². The number of hydrogen-bond donors (Lipinski definition) is 2. The van der Waals surface area contributed by atoms with Gasteiger partial charge in [-0.05, 0) is 35.9 Å². The summed E-state index contributed by atoms with van der Waals surface area (Å²) in [5.41, 5.74) is 0.495. The van der Waals surface area contributed by atoms with Gasteiger partial charge < -0.3 is 20.5 Å². The normalized spacial score (nSPS) is 10.8. The van der Waals surface area contributed by atoms with Crippen molar-refractivity contribution in [3.8, 4) is 0 Å². The van der Waals surface area contributed by atoms with Gasteiger partial charge in [-0.2, -0.15) is 0 Å². The Kier molecular flexibility index (Phi) is 6.98. The van der Waals surface area contributed by atoms with E-state index >= 15 is 0 Å². The van der Waals surface area contributed by atoms with Crippen LogP contribution in [0.4, 0.5) is 5.69 Å². The van der Waals surface area contributed by atoms with Crippen molar-refractivity contribution in [3.63, 3.8) is 0 Å². The van der Waals surface area contributed by atoms with Crippen molar-refractivity contribution in [2.45, 2.75) is 6.42 Å². The standard InChI is InChI=1S/C19H17N3O6/c23-17(24)10-11-20-19(26)16(21-18(25)14-4-2-1-3-5-14)12-13-6-8-15(9-7-13)22(27)28/h1-9,12H,10-11H2,(H,20,26)(H,21,25)(H,23,24)/p-1/b16-12+. The Balaban J connectivity index is 2.23. The van der Waals surface area contributed by atoms with Gasteiger partial charge in [-0.15, -0.1) is 0 Å². The van der Waals surface area contributed by atoms with Crippen LogP contribution in [0.1, 0.15) is 22.3 Å². The van der Waals surface area contributed by atoms with Gasteiger partial charge in [-0.3, -0.25) is 19.7 Å². The lowest BCUT2D eigenvalue weighted by atomic mass is 10.1. The molecule has 2 aromatic carbocycles. The number of nitrogens with zero attached hydrogens (tertiary/aromatic N) is 1. The van der Waals surface area contributed by atoms with E-state index in [-0.39, 0.29) is 24.4 Å². The van der Waals surface area contributed by atoms with Crippen molar-refractivity contribution in [2.75, 3.05) is 6.54 Å². The zero-order chi connectivity index (χ0) is 20.5. The third kappa shape index (κ3) is 6.06. The maximum absolute atomic E-state index is 12.4. The summed E-state index contributed by atoms with van der Waals surface area (Å²) in [6.07, 6.45) is 0.947. The molecular formula is C19H16N3O6-. The van der Waals surface area contributed by atoms with Gasteiger partial charge in [0.2, 0.25) is 0 Å². The molecule has 28 heavy (non-hydrogen) atoms. The molecule has 0 heterocycles. The molecule has 2 N–H and O–H groups in total. The summed E-state index contributed by atoms with van der Waals surface area (Å²) in [6.45, 7) is -0.181. The molecule has 0 saturated heterocycles.